The highest BCUT2D eigenvalue weighted by molar-refractivity contribution is 5.35. The summed E-state index contributed by atoms with van der Waals surface area (Å²) >= 11 is 0. The van der Waals surface area contributed by atoms with Crippen LogP contribution in [0.4, 0.5) is 0 Å². The van der Waals surface area contributed by atoms with Gasteiger partial charge in [-0.2, -0.15) is 0 Å². The van der Waals surface area contributed by atoms with E-state index >= 15 is 0 Å². The molecule has 0 amide bonds. The van der Waals surface area contributed by atoms with Crippen molar-refractivity contribution < 1.29 is 9.84 Å². The minimum atomic E-state index is -0.485. The van der Waals surface area contributed by atoms with Crippen LogP contribution in [0.15, 0.2) is 24.3 Å². The van der Waals surface area contributed by atoms with Crippen molar-refractivity contribution in [3.8, 4) is 5.75 Å². The second-order valence-electron chi connectivity index (χ2n) is 4.89. The highest BCUT2D eigenvalue weighted by Gasteiger charge is 2.17. The van der Waals surface area contributed by atoms with Gasteiger partial charge in [0, 0.05) is 25.2 Å². The Morgan fingerprint density at radius 2 is 2.16 bits per heavy atom. The molecule has 1 atom stereocenters. The van der Waals surface area contributed by atoms with Crippen molar-refractivity contribution in [2.24, 2.45) is 0 Å². The zero-order valence-electron chi connectivity index (χ0n) is 11.6. The average molecular weight is 264 g/mol. The largest absolute Gasteiger partial charge is 0.493 e. The number of β-amino-alcohol motifs (C(OH)–C–C–N with tert-alkyl or cyclic N) is 1. The molecular formula is C15H24N2O2. The van der Waals surface area contributed by atoms with E-state index in [2.05, 4.69) is 10.2 Å². The predicted octanol–water partition coefficient (Wildman–Crippen LogP) is 1.41. The Kier molecular flexibility index (Phi) is 5.63. The Hall–Kier alpha value is -1.10. The summed E-state index contributed by atoms with van der Waals surface area (Å²) in [5, 5.41) is 13.8. The Morgan fingerprint density at radius 1 is 1.32 bits per heavy atom. The lowest BCUT2D eigenvalue weighted by Crippen LogP contribution is -2.32. The number of ether oxygens (including phenoxy) is 1. The van der Waals surface area contributed by atoms with Crippen LogP contribution in [-0.4, -0.2) is 49.3 Å². The molecule has 4 nitrogen and oxygen atoms in total. The zero-order chi connectivity index (χ0) is 13.5. The molecule has 0 saturated carbocycles. The second-order valence-corrected chi connectivity index (χ2v) is 4.89. The normalized spacial score (nSPS) is 18.8. The number of nitrogens with one attached hydrogen (secondary N) is 1. The minimum Gasteiger partial charge on any atom is -0.493 e. The lowest BCUT2D eigenvalue weighted by molar-refractivity contribution is 0.113. The molecule has 19 heavy (non-hydrogen) atoms. The molecular weight excluding hydrogens is 240 g/mol. The number of benzene rings is 1. The van der Waals surface area contributed by atoms with E-state index in [1.807, 2.05) is 31.2 Å². The molecule has 0 aliphatic carbocycles. The van der Waals surface area contributed by atoms with E-state index in [-0.39, 0.29) is 0 Å². The predicted molar refractivity (Wildman–Crippen MR) is 76.5 cm³/mol. The number of para-hydroxylation sites is 1. The number of aliphatic hydroxyl groups is 1. The van der Waals surface area contributed by atoms with Gasteiger partial charge in [0.25, 0.3) is 0 Å². The van der Waals surface area contributed by atoms with Gasteiger partial charge in [0.2, 0.25) is 0 Å². The molecule has 0 aromatic heterocycles. The third-order valence-electron chi connectivity index (χ3n) is 3.44. The van der Waals surface area contributed by atoms with Gasteiger partial charge in [0.05, 0.1) is 12.7 Å². The molecule has 1 aliphatic rings. The Bertz CT molecular complexity index is 376. The molecule has 1 saturated heterocycles. The van der Waals surface area contributed by atoms with Gasteiger partial charge < -0.3 is 15.2 Å². The average Bonchev–Trinajstić information content (AvgIpc) is 2.68. The quantitative estimate of drug-likeness (QED) is 0.844. The highest BCUT2D eigenvalue weighted by atomic mass is 16.5. The van der Waals surface area contributed by atoms with Gasteiger partial charge in [-0.15, -0.1) is 0 Å². The van der Waals surface area contributed by atoms with Gasteiger partial charge in [0.1, 0.15) is 5.75 Å². The number of aliphatic hydroxyl groups excluding tert-OH is 1. The number of hydrogen-bond donors (Lipinski definition) is 2. The van der Waals surface area contributed by atoms with Crippen LogP contribution < -0.4 is 10.1 Å². The molecule has 1 heterocycles. The molecule has 4 heteroatoms. The summed E-state index contributed by atoms with van der Waals surface area (Å²) in [5.41, 5.74) is 0.890. The highest BCUT2D eigenvalue weighted by Crippen LogP contribution is 2.25. The van der Waals surface area contributed by atoms with Crippen molar-refractivity contribution >= 4 is 0 Å². The monoisotopic (exact) mass is 264 g/mol. The van der Waals surface area contributed by atoms with E-state index in [1.165, 1.54) is 0 Å². The van der Waals surface area contributed by atoms with E-state index in [0.29, 0.717) is 13.2 Å². The molecule has 106 valence electrons. The Labute approximate surface area is 115 Å². The van der Waals surface area contributed by atoms with Crippen molar-refractivity contribution in [2.45, 2.75) is 19.4 Å². The fraction of sp³-hybridized carbons (Fsp3) is 0.600. The molecule has 0 bridgehead atoms. The molecule has 2 rings (SSSR count). The molecule has 1 aromatic rings. The van der Waals surface area contributed by atoms with Crippen LogP contribution >= 0.6 is 0 Å². The van der Waals surface area contributed by atoms with Crippen LogP contribution in [0.1, 0.15) is 25.0 Å². The molecule has 1 unspecified atom stereocenters. The first kappa shape index (κ1) is 14.3. The molecule has 1 aromatic carbocycles. The van der Waals surface area contributed by atoms with Crippen LogP contribution in [0.2, 0.25) is 0 Å². The Balaban J connectivity index is 2.00. The number of hydrogen-bond acceptors (Lipinski definition) is 4. The van der Waals surface area contributed by atoms with Gasteiger partial charge in [-0.05, 0) is 32.5 Å². The Morgan fingerprint density at radius 3 is 3.00 bits per heavy atom. The number of nitrogens with zero attached hydrogens (tertiary/aromatic N) is 1. The molecule has 1 fully saturated rings. The minimum absolute atomic E-state index is 0.485. The van der Waals surface area contributed by atoms with Crippen LogP contribution in [0, 0.1) is 0 Å². The van der Waals surface area contributed by atoms with Crippen molar-refractivity contribution in [1.29, 1.82) is 0 Å². The maximum Gasteiger partial charge on any atom is 0.125 e. The van der Waals surface area contributed by atoms with E-state index in [1.54, 1.807) is 0 Å². The van der Waals surface area contributed by atoms with Crippen molar-refractivity contribution in [3.63, 3.8) is 0 Å². The molecule has 1 aliphatic heterocycles. The van der Waals surface area contributed by atoms with Crippen molar-refractivity contribution in [2.75, 3.05) is 39.3 Å². The van der Waals surface area contributed by atoms with Crippen molar-refractivity contribution in [3.05, 3.63) is 29.8 Å². The third-order valence-corrected chi connectivity index (χ3v) is 3.44. The standard InChI is InChI=1S/C15H24N2O2/c1-2-19-15-7-4-3-6-13(15)14(18)12-17-10-5-8-16-9-11-17/h3-4,6-7,14,16,18H,2,5,8-12H2,1H3. The van der Waals surface area contributed by atoms with Gasteiger partial charge in [-0.3, -0.25) is 4.90 Å². The van der Waals surface area contributed by atoms with Gasteiger partial charge >= 0.3 is 0 Å². The van der Waals surface area contributed by atoms with E-state index in [9.17, 15) is 5.11 Å². The first-order chi connectivity index (χ1) is 9.31. The van der Waals surface area contributed by atoms with Crippen LogP contribution in [0.25, 0.3) is 0 Å². The summed E-state index contributed by atoms with van der Waals surface area (Å²) in [7, 11) is 0. The summed E-state index contributed by atoms with van der Waals surface area (Å²) in [6.07, 6.45) is 0.653. The fourth-order valence-corrected chi connectivity index (χ4v) is 2.47. The first-order valence-corrected chi connectivity index (χ1v) is 7.14. The smallest absolute Gasteiger partial charge is 0.125 e. The SMILES string of the molecule is CCOc1ccccc1C(O)CN1CCCNCC1. The first-order valence-electron chi connectivity index (χ1n) is 7.14. The van der Waals surface area contributed by atoms with Crippen LogP contribution in [0.3, 0.4) is 0 Å². The summed E-state index contributed by atoms with van der Waals surface area (Å²) < 4.78 is 5.58. The summed E-state index contributed by atoms with van der Waals surface area (Å²) in [4.78, 5) is 2.31. The topological polar surface area (TPSA) is 44.7 Å². The fourth-order valence-electron chi connectivity index (χ4n) is 2.47. The molecule has 0 radical (unpaired) electrons. The van der Waals surface area contributed by atoms with Crippen LogP contribution in [0.5, 0.6) is 5.75 Å². The van der Waals surface area contributed by atoms with E-state index in [0.717, 1.165) is 43.9 Å². The lowest BCUT2D eigenvalue weighted by Gasteiger charge is -2.24. The van der Waals surface area contributed by atoms with E-state index < -0.39 is 6.10 Å². The maximum atomic E-state index is 10.4. The van der Waals surface area contributed by atoms with Crippen LogP contribution in [-0.2, 0) is 0 Å². The van der Waals surface area contributed by atoms with Gasteiger partial charge in [-0.1, -0.05) is 18.2 Å². The summed E-state index contributed by atoms with van der Waals surface area (Å²) in [6, 6.07) is 7.76. The summed E-state index contributed by atoms with van der Waals surface area (Å²) in [6.45, 7) is 7.36. The summed E-state index contributed by atoms with van der Waals surface area (Å²) in [5.74, 6) is 0.797. The lowest BCUT2D eigenvalue weighted by atomic mass is 10.1. The molecule has 0 spiro atoms. The van der Waals surface area contributed by atoms with Gasteiger partial charge in [0.15, 0.2) is 0 Å². The van der Waals surface area contributed by atoms with Crippen molar-refractivity contribution in [1.82, 2.24) is 10.2 Å². The maximum absolute atomic E-state index is 10.4. The zero-order valence-corrected chi connectivity index (χ0v) is 11.6. The number of rotatable bonds is 5. The molecule has 2 N–H and O–H groups in total. The second kappa shape index (κ2) is 7.48. The van der Waals surface area contributed by atoms with Gasteiger partial charge in [-0.25, -0.2) is 0 Å². The van der Waals surface area contributed by atoms with E-state index in [4.69, 9.17) is 4.74 Å². The third kappa shape index (κ3) is 4.20.